The summed E-state index contributed by atoms with van der Waals surface area (Å²) in [4.78, 5) is 3.49. The highest BCUT2D eigenvalue weighted by Gasteiger charge is 2.32. The number of benzene rings is 2. The number of fused-ring (bicyclic) bond motifs is 3. The van der Waals surface area contributed by atoms with E-state index in [9.17, 15) is 4.39 Å². The predicted octanol–water partition coefficient (Wildman–Crippen LogP) is 5.23. The minimum atomic E-state index is -0.184. The molecule has 2 N–H and O–H groups in total. The number of halogens is 1. The molecule has 0 bridgehead atoms. The molecule has 1 aromatic heterocycles. The van der Waals surface area contributed by atoms with E-state index in [0.717, 1.165) is 42.3 Å². The highest BCUT2D eigenvalue weighted by molar-refractivity contribution is 5.85. The number of aromatic nitrogens is 1. The Bertz CT molecular complexity index is 915. The second-order valence-corrected chi connectivity index (χ2v) is 7.41. The molecule has 0 amide bonds. The maximum Gasteiger partial charge on any atom is 0.123 e. The second kappa shape index (κ2) is 7.45. The summed E-state index contributed by atoms with van der Waals surface area (Å²) in [6, 6.07) is 15.6. The molecule has 2 unspecified atom stereocenters. The Kier molecular flexibility index (Phi) is 5.02. The molecule has 0 saturated heterocycles. The molecular weight excluding hydrogens is 339 g/mol. The van der Waals surface area contributed by atoms with Crippen molar-refractivity contribution in [2.45, 2.75) is 44.2 Å². The number of rotatable bonds is 6. The Labute approximate surface area is 159 Å². The molecule has 0 saturated carbocycles. The molecule has 0 fully saturated rings. The van der Waals surface area contributed by atoms with Crippen LogP contribution in [0.2, 0.25) is 0 Å². The fourth-order valence-electron chi connectivity index (χ4n) is 4.51. The first-order valence-corrected chi connectivity index (χ1v) is 9.83. The van der Waals surface area contributed by atoms with Gasteiger partial charge in [-0.1, -0.05) is 37.3 Å². The van der Waals surface area contributed by atoms with Crippen LogP contribution in [0, 0.1) is 5.82 Å². The molecule has 1 aliphatic heterocycles. The highest BCUT2D eigenvalue weighted by Crippen LogP contribution is 2.39. The fourth-order valence-corrected chi connectivity index (χ4v) is 4.51. The van der Waals surface area contributed by atoms with Gasteiger partial charge in [-0.3, -0.25) is 0 Å². The second-order valence-electron chi connectivity index (χ2n) is 7.41. The molecule has 1 aliphatic rings. The average Bonchev–Trinajstić information content (AvgIpc) is 3.08. The summed E-state index contributed by atoms with van der Waals surface area (Å²) in [5.74, 6) is -0.184. The lowest BCUT2D eigenvalue weighted by Gasteiger charge is -2.35. The van der Waals surface area contributed by atoms with Gasteiger partial charge in [-0.2, -0.15) is 0 Å². The van der Waals surface area contributed by atoms with Gasteiger partial charge in [0.1, 0.15) is 5.82 Å². The van der Waals surface area contributed by atoms with Crippen molar-refractivity contribution in [3.63, 3.8) is 0 Å². The molecule has 2 aromatic carbocycles. The monoisotopic (exact) mass is 366 g/mol. The quantitative estimate of drug-likeness (QED) is 0.627. The van der Waals surface area contributed by atoms with Crippen LogP contribution in [0.1, 0.15) is 49.1 Å². The summed E-state index contributed by atoms with van der Waals surface area (Å²) in [5, 5.41) is 4.56. The molecule has 0 radical (unpaired) electrons. The number of H-pyrrole nitrogens is 1. The van der Waals surface area contributed by atoms with Gasteiger partial charge in [-0.15, -0.1) is 0 Å². The van der Waals surface area contributed by atoms with Crippen molar-refractivity contribution in [3.05, 3.63) is 71.2 Å². The van der Waals surface area contributed by atoms with Gasteiger partial charge in [0, 0.05) is 22.1 Å². The first kappa shape index (κ1) is 18.2. The topological polar surface area (TPSA) is 37.0 Å². The van der Waals surface area contributed by atoms with E-state index < -0.39 is 0 Å². The molecule has 2 atom stereocenters. The van der Waals surface area contributed by atoms with Gasteiger partial charge in [0.15, 0.2) is 0 Å². The van der Waals surface area contributed by atoms with E-state index in [4.69, 9.17) is 4.74 Å². The van der Waals surface area contributed by atoms with Crippen LogP contribution in [0.4, 0.5) is 4.39 Å². The Morgan fingerprint density at radius 1 is 1.22 bits per heavy atom. The summed E-state index contributed by atoms with van der Waals surface area (Å²) in [5.41, 5.74) is 4.57. The van der Waals surface area contributed by atoms with E-state index in [1.165, 1.54) is 17.2 Å². The van der Waals surface area contributed by atoms with Crippen LogP contribution in [-0.2, 0) is 16.7 Å². The minimum Gasteiger partial charge on any atom is -0.372 e. The lowest BCUT2D eigenvalue weighted by molar-refractivity contribution is 0.0268. The highest BCUT2D eigenvalue weighted by atomic mass is 19.1. The summed E-state index contributed by atoms with van der Waals surface area (Å²) in [7, 11) is 2.04. The van der Waals surface area contributed by atoms with Crippen molar-refractivity contribution in [2.24, 2.45) is 0 Å². The van der Waals surface area contributed by atoms with Crippen molar-refractivity contribution < 1.29 is 9.13 Å². The summed E-state index contributed by atoms with van der Waals surface area (Å²) in [6.45, 7) is 2.91. The zero-order chi connectivity index (χ0) is 18.9. The zero-order valence-electron chi connectivity index (χ0n) is 16.0. The van der Waals surface area contributed by atoms with Crippen molar-refractivity contribution in [1.82, 2.24) is 10.3 Å². The Morgan fingerprint density at radius 3 is 2.78 bits per heavy atom. The Balaban J connectivity index is 1.61. The van der Waals surface area contributed by atoms with Crippen LogP contribution < -0.4 is 5.32 Å². The van der Waals surface area contributed by atoms with Crippen LogP contribution in [0.25, 0.3) is 10.9 Å². The average molecular weight is 366 g/mol. The minimum absolute atomic E-state index is 0.0206. The van der Waals surface area contributed by atoms with Gasteiger partial charge >= 0.3 is 0 Å². The largest absolute Gasteiger partial charge is 0.372 e. The van der Waals surface area contributed by atoms with Crippen molar-refractivity contribution in [1.29, 1.82) is 0 Å². The number of hydrogen-bond donors (Lipinski definition) is 2. The van der Waals surface area contributed by atoms with E-state index in [1.807, 2.05) is 13.1 Å². The molecular formula is C23H27FN2O. The van der Waals surface area contributed by atoms with Gasteiger partial charge in [-0.25, -0.2) is 4.39 Å². The molecule has 0 aliphatic carbocycles. The zero-order valence-corrected chi connectivity index (χ0v) is 16.0. The van der Waals surface area contributed by atoms with Gasteiger partial charge in [0.2, 0.25) is 0 Å². The summed E-state index contributed by atoms with van der Waals surface area (Å²) >= 11 is 0. The molecule has 3 nitrogen and oxygen atoms in total. The summed E-state index contributed by atoms with van der Waals surface area (Å²) in [6.07, 6.45) is 3.74. The third-order valence-corrected chi connectivity index (χ3v) is 6.14. The number of nitrogens with one attached hydrogen (secondary N) is 2. The van der Waals surface area contributed by atoms with Gasteiger partial charge < -0.3 is 15.0 Å². The van der Waals surface area contributed by atoms with E-state index in [1.54, 1.807) is 6.07 Å². The lowest BCUT2D eigenvalue weighted by Crippen LogP contribution is -2.40. The third-order valence-electron chi connectivity index (χ3n) is 6.14. The normalized spacial score (nSPS) is 19.0. The van der Waals surface area contributed by atoms with E-state index >= 15 is 0 Å². The predicted molar refractivity (Wildman–Crippen MR) is 107 cm³/mol. The van der Waals surface area contributed by atoms with Crippen molar-refractivity contribution >= 4 is 10.9 Å². The number of hydrogen-bond acceptors (Lipinski definition) is 2. The third kappa shape index (κ3) is 3.28. The first-order valence-electron chi connectivity index (χ1n) is 9.83. The smallest absolute Gasteiger partial charge is 0.123 e. The van der Waals surface area contributed by atoms with Crippen LogP contribution in [0.3, 0.4) is 0 Å². The van der Waals surface area contributed by atoms with Crippen molar-refractivity contribution in [3.8, 4) is 0 Å². The standard InChI is InChI=1S/C23H27FN2O/c1-3-23(25-2,16-7-5-4-6-8-16)13-11-21-22-18(12-14-27-21)19-15-17(24)9-10-20(19)26-22/h4-10,15,21,25-26H,3,11-14H2,1-2H3. The van der Waals surface area contributed by atoms with E-state index in [-0.39, 0.29) is 17.5 Å². The van der Waals surface area contributed by atoms with Crippen LogP contribution in [0.15, 0.2) is 48.5 Å². The molecule has 3 aromatic rings. The Hall–Kier alpha value is -2.17. The lowest BCUT2D eigenvalue weighted by atomic mass is 9.81. The number of aromatic amines is 1. The first-order chi connectivity index (χ1) is 13.2. The summed E-state index contributed by atoms with van der Waals surface area (Å²) < 4.78 is 19.8. The molecule has 4 heteroatoms. The van der Waals surface area contributed by atoms with Crippen LogP contribution in [0.5, 0.6) is 0 Å². The molecule has 27 heavy (non-hydrogen) atoms. The van der Waals surface area contributed by atoms with Gasteiger partial charge in [0.25, 0.3) is 0 Å². The van der Waals surface area contributed by atoms with Crippen LogP contribution in [-0.4, -0.2) is 18.6 Å². The molecule has 4 rings (SSSR count). The van der Waals surface area contributed by atoms with E-state index in [0.29, 0.717) is 6.61 Å². The van der Waals surface area contributed by atoms with Gasteiger partial charge in [0.05, 0.1) is 12.7 Å². The molecule has 142 valence electrons. The SMILES string of the molecule is CCC(CCC1OCCc2c1[nH]c1ccc(F)cc21)(NC)c1ccccc1. The van der Waals surface area contributed by atoms with E-state index in [2.05, 4.69) is 47.6 Å². The van der Waals surface area contributed by atoms with Crippen molar-refractivity contribution in [2.75, 3.05) is 13.7 Å². The number of ether oxygens (including phenoxy) is 1. The maximum atomic E-state index is 13.7. The Morgan fingerprint density at radius 2 is 2.04 bits per heavy atom. The fraction of sp³-hybridized carbons (Fsp3) is 0.391. The van der Waals surface area contributed by atoms with Crippen LogP contribution >= 0.6 is 0 Å². The van der Waals surface area contributed by atoms with Gasteiger partial charge in [-0.05, 0) is 62.1 Å². The molecule has 2 heterocycles. The maximum absolute atomic E-state index is 13.7. The molecule has 0 spiro atoms.